The molecule has 0 spiro atoms. The molecule has 0 bridgehead atoms. The van der Waals surface area contributed by atoms with E-state index in [2.05, 4.69) is 11.1 Å². The number of aromatic amines is 1. The van der Waals surface area contributed by atoms with Gasteiger partial charge in [-0.15, -0.1) is 11.3 Å². The number of methoxy groups -OCH3 is 1. The van der Waals surface area contributed by atoms with Crippen molar-refractivity contribution in [2.45, 2.75) is 20.4 Å². The zero-order valence-electron chi connectivity index (χ0n) is 15.9. The molecule has 1 aliphatic rings. The number of halogens is 1. The molecular weight excluding hydrogens is 386 g/mol. The van der Waals surface area contributed by atoms with E-state index >= 15 is 0 Å². The van der Waals surface area contributed by atoms with E-state index < -0.39 is 5.97 Å². The SMILES string of the molecule is COC(=O)c1c(C)[nH]c(C(=O)C[NH+]2CC[NH+](Cc3ccc(Cl)s3)CC2)c1C. The maximum Gasteiger partial charge on any atom is 0.339 e. The highest BCUT2D eigenvalue weighted by Crippen LogP contribution is 2.20. The largest absolute Gasteiger partial charge is 0.465 e. The average molecular weight is 412 g/mol. The minimum Gasteiger partial charge on any atom is -0.465 e. The summed E-state index contributed by atoms with van der Waals surface area (Å²) in [5.74, 6) is -0.354. The second kappa shape index (κ2) is 8.56. The summed E-state index contributed by atoms with van der Waals surface area (Å²) in [5.41, 5.74) is 2.37. The zero-order chi connectivity index (χ0) is 19.6. The van der Waals surface area contributed by atoms with Gasteiger partial charge >= 0.3 is 5.97 Å². The van der Waals surface area contributed by atoms with E-state index in [-0.39, 0.29) is 5.78 Å². The summed E-state index contributed by atoms with van der Waals surface area (Å²) in [6, 6.07) is 4.04. The van der Waals surface area contributed by atoms with Gasteiger partial charge in [-0.2, -0.15) is 0 Å². The highest BCUT2D eigenvalue weighted by molar-refractivity contribution is 7.16. The van der Waals surface area contributed by atoms with Crippen molar-refractivity contribution < 1.29 is 24.1 Å². The third-order valence-corrected chi connectivity index (χ3v) is 6.46. The van der Waals surface area contributed by atoms with Gasteiger partial charge in [0.05, 0.1) is 27.6 Å². The summed E-state index contributed by atoms with van der Waals surface area (Å²) in [7, 11) is 1.35. The summed E-state index contributed by atoms with van der Waals surface area (Å²) < 4.78 is 5.65. The van der Waals surface area contributed by atoms with Crippen molar-refractivity contribution in [3.63, 3.8) is 0 Å². The number of thiophene rings is 1. The number of hydrogen-bond acceptors (Lipinski definition) is 4. The molecule has 2 aromatic rings. The van der Waals surface area contributed by atoms with E-state index in [1.54, 1.807) is 25.2 Å². The molecule has 0 radical (unpaired) electrons. The number of rotatable bonds is 6. The number of quaternary nitrogens is 2. The van der Waals surface area contributed by atoms with Crippen LogP contribution in [-0.2, 0) is 11.3 Å². The molecule has 27 heavy (non-hydrogen) atoms. The number of hydrogen-bond donors (Lipinski definition) is 3. The number of nitrogens with one attached hydrogen (secondary N) is 3. The molecule has 1 aliphatic heterocycles. The van der Waals surface area contributed by atoms with Crippen LogP contribution in [0.5, 0.6) is 0 Å². The van der Waals surface area contributed by atoms with Crippen molar-refractivity contribution in [3.8, 4) is 0 Å². The van der Waals surface area contributed by atoms with E-state index in [9.17, 15) is 9.59 Å². The van der Waals surface area contributed by atoms with Gasteiger partial charge in [-0.25, -0.2) is 4.79 Å². The van der Waals surface area contributed by atoms with Gasteiger partial charge in [-0.1, -0.05) is 11.6 Å². The average Bonchev–Trinajstić information content (AvgIpc) is 3.18. The molecule has 8 heteroatoms. The molecule has 1 saturated heterocycles. The first kappa shape index (κ1) is 20.1. The standard InChI is InChI=1S/C19H24ClN3O3S/c1-12-17(19(25)26-3)13(2)21-18(12)15(24)11-23-8-6-22(7-9-23)10-14-4-5-16(20)27-14/h4-5,21H,6-11H2,1-3H3/p+2. The van der Waals surface area contributed by atoms with Crippen molar-refractivity contribution in [2.24, 2.45) is 0 Å². The predicted octanol–water partition coefficient (Wildman–Crippen LogP) is 0.299. The molecule has 0 amide bonds. The second-order valence-electron chi connectivity index (χ2n) is 7.10. The molecule has 0 unspecified atom stereocenters. The first-order valence-electron chi connectivity index (χ1n) is 9.11. The summed E-state index contributed by atoms with van der Waals surface area (Å²) in [5, 5.41) is 0. The topological polar surface area (TPSA) is 68.0 Å². The van der Waals surface area contributed by atoms with E-state index in [0.717, 1.165) is 37.1 Å². The van der Waals surface area contributed by atoms with Crippen LogP contribution < -0.4 is 9.80 Å². The van der Waals surface area contributed by atoms with E-state index in [1.807, 2.05) is 6.07 Å². The molecule has 3 heterocycles. The van der Waals surface area contributed by atoms with Crippen LogP contribution in [0.15, 0.2) is 12.1 Å². The smallest absolute Gasteiger partial charge is 0.339 e. The van der Waals surface area contributed by atoms with Gasteiger partial charge in [-0.3, -0.25) is 4.79 Å². The Hall–Kier alpha value is -1.67. The van der Waals surface area contributed by atoms with Gasteiger partial charge < -0.3 is 19.5 Å². The molecule has 0 aromatic carbocycles. The Bertz CT molecular complexity index is 837. The molecule has 146 valence electrons. The van der Waals surface area contributed by atoms with Gasteiger partial charge in [-0.05, 0) is 31.5 Å². The Balaban J connectivity index is 1.56. The molecule has 0 saturated carbocycles. The fraction of sp³-hybridized carbons (Fsp3) is 0.474. The van der Waals surface area contributed by atoms with Gasteiger partial charge in [0.15, 0.2) is 0 Å². The number of piperazine rings is 1. The Morgan fingerprint density at radius 2 is 1.85 bits per heavy atom. The van der Waals surface area contributed by atoms with Crippen molar-refractivity contribution >= 4 is 34.7 Å². The van der Waals surface area contributed by atoms with E-state index in [0.29, 0.717) is 29.1 Å². The molecule has 2 aromatic heterocycles. The lowest BCUT2D eigenvalue weighted by atomic mass is 10.1. The normalized spacial score (nSPS) is 19.9. The Morgan fingerprint density at radius 3 is 2.44 bits per heavy atom. The van der Waals surface area contributed by atoms with Crippen LogP contribution in [0, 0.1) is 13.8 Å². The monoisotopic (exact) mass is 411 g/mol. The predicted molar refractivity (Wildman–Crippen MR) is 105 cm³/mol. The van der Waals surface area contributed by atoms with Gasteiger partial charge in [0, 0.05) is 5.69 Å². The Kier molecular flexibility index (Phi) is 6.37. The molecule has 3 rings (SSSR count). The van der Waals surface area contributed by atoms with Crippen molar-refractivity contribution in [2.75, 3.05) is 39.8 Å². The summed E-state index contributed by atoms with van der Waals surface area (Å²) in [6.45, 7) is 9.03. The van der Waals surface area contributed by atoms with Gasteiger partial charge in [0.25, 0.3) is 0 Å². The maximum atomic E-state index is 12.8. The van der Waals surface area contributed by atoms with Crippen LogP contribution in [0.2, 0.25) is 4.34 Å². The van der Waals surface area contributed by atoms with Crippen LogP contribution in [0.1, 0.15) is 37.0 Å². The van der Waals surface area contributed by atoms with Crippen molar-refractivity contribution in [1.82, 2.24) is 4.98 Å². The first-order chi connectivity index (χ1) is 12.9. The number of carbonyl (C=O) groups excluding carboxylic acids is 2. The highest BCUT2D eigenvalue weighted by Gasteiger charge is 2.28. The fourth-order valence-electron chi connectivity index (χ4n) is 3.76. The van der Waals surface area contributed by atoms with Crippen molar-refractivity contribution in [1.29, 1.82) is 0 Å². The Morgan fingerprint density at radius 1 is 1.19 bits per heavy atom. The number of Topliss-reactive ketones (excluding diaryl/α,β-unsaturated/α-hetero) is 1. The zero-order valence-corrected chi connectivity index (χ0v) is 17.5. The third kappa shape index (κ3) is 4.60. The number of aryl methyl sites for hydroxylation is 1. The number of ether oxygens (including phenoxy) is 1. The second-order valence-corrected chi connectivity index (χ2v) is 8.90. The summed E-state index contributed by atoms with van der Waals surface area (Å²) in [4.78, 5) is 31.9. The van der Waals surface area contributed by atoms with Crippen LogP contribution in [0.4, 0.5) is 0 Å². The summed E-state index contributed by atoms with van der Waals surface area (Å²) in [6.07, 6.45) is 0. The third-order valence-electron chi connectivity index (χ3n) is 5.23. The number of esters is 1. The number of aromatic nitrogens is 1. The first-order valence-corrected chi connectivity index (χ1v) is 10.3. The highest BCUT2D eigenvalue weighted by atomic mass is 35.5. The molecular formula is C19H26ClN3O3S+2. The molecule has 0 aliphatic carbocycles. The molecule has 1 fully saturated rings. The van der Waals surface area contributed by atoms with E-state index in [1.165, 1.54) is 21.8 Å². The quantitative estimate of drug-likeness (QED) is 0.473. The van der Waals surface area contributed by atoms with Gasteiger partial charge in [0.1, 0.15) is 39.3 Å². The molecule has 3 N–H and O–H groups in total. The maximum absolute atomic E-state index is 12.8. The minimum atomic E-state index is -0.404. The van der Waals surface area contributed by atoms with Crippen molar-refractivity contribution in [3.05, 3.63) is 43.9 Å². The lowest BCUT2D eigenvalue weighted by molar-refractivity contribution is -1.01. The lowest BCUT2D eigenvalue weighted by Crippen LogP contribution is -3.27. The van der Waals surface area contributed by atoms with E-state index in [4.69, 9.17) is 16.3 Å². The van der Waals surface area contributed by atoms with Gasteiger partial charge in [0.2, 0.25) is 5.78 Å². The summed E-state index contributed by atoms with van der Waals surface area (Å²) >= 11 is 7.65. The van der Waals surface area contributed by atoms with Crippen LogP contribution >= 0.6 is 22.9 Å². The van der Waals surface area contributed by atoms with Crippen LogP contribution in [0.3, 0.4) is 0 Å². The molecule has 6 nitrogen and oxygen atoms in total. The molecule has 0 atom stereocenters. The minimum absolute atomic E-state index is 0.0502. The Labute approximate surface area is 168 Å². The van der Waals surface area contributed by atoms with Crippen LogP contribution in [0.25, 0.3) is 0 Å². The number of H-pyrrole nitrogens is 1. The van der Waals surface area contributed by atoms with Crippen LogP contribution in [-0.4, -0.2) is 56.6 Å². The number of carbonyl (C=O) groups is 2. The fourth-order valence-corrected chi connectivity index (χ4v) is 4.92. The number of ketones is 1. The lowest BCUT2D eigenvalue weighted by Gasteiger charge is -2.29.